The summed E-state index contributed by atoms with van der Waals surface area (Å²) in [6.45, 7) is 5.79. The van der Waals surface area contributed by atoms with Gasteiger partial charge in [0, 0.05) is 11.0 Å². The minimum atomic E-state index is 1.11. The zero-order chi connectivity index (χ0) is 9.26. The van der Waals surface area contributed by atoms with E-state index in [0.29, 0.717) is 0 Å². The first-order chi connectivity index (χ1) is 6.24. The summed E-state index contributed by atoms with van der Waals surface area (Å²) in [4.78, 5) is 2.47. The van der Waals surface area contributed by atoms with Crippen molar-refractivity contribution in [1.82, 2.24) is 4.90 Å². The molecular formula is C11H14BrN. The Morgan fingerprint density at radius 2 is 2.08 bits per heavy atom. The van der Waals surface area contributed by atoms with E-state index < -0.39 is 0 Å². The topological polar surface area (TPSA) is 3.24 Å². The van der Waals surface area contributed by atoms with Crippen LogP contribution in [0.2, 0.25) is 0 Å². The van der Waals surface area contributed by atoms with Crippen LogP contribution in [0.1, 0.15) is 17.5 Å². The van der Waals surface area contributed by atoms with Gasteiger partial charge in [-0.25, -0.2) is 0 Å². The van der Waals surface area contributed by atoms with Gasteiger partial charge in [-0.05, 0) is 49.7 Å². The molecule has 2 heteroatoms. The van der Waals surface area contributed by atoms with Gasteiger partial charge >= 0.3 is 0 Å². The predicted octanol–water partition coefficient (Wildman–Crippen LogP) is 2.96. The third kappa shape index (κ3) is 2.32. The third-order valence-electron chi connectivity index (χ3n) is 2.46. The number of benzene rings is 1. The quantitative estimate of drug-likeness (QED) is 0.768. The Morgan fingerprint density at radius 3 is 2.62 bits per heavy atom. The molecule has 1 aromatic carbocycles. The molecule has 1 nitrogen and oxygen atoms in total. The first kappa shape index (κ1) is 9.22. The van der Waals surface area contributed by atoms with Crippen molar-refractivity contribution in [2.75, 3.05) is 13.1 Å². The average molecular weight is 240 g/mol. The summed E-state index contributed by atoms with van der Waals surface area (Å²) in [5, 5.41) is 0. The number of hydrogen-bond acceptors (Lipinski definition) is 1. The van der Waals surface area contributed by atoms with Crippen molar-refractivity contribution in [3.8, 4) is 0 Å². The molecule has 1 heterocycles. The van der Waals surface area contributed by atoms with Crippen LogP contribution in [-0.4, -0.2) is 18.0 Å². The first-order valence-electron chi connectivity index (χ1n) is 4.72. The molecule has 0 aromatic heterocycles. The van der Waals surface area contributed by atoms with Gasteiger partial charge in [-0.3, -0.25) is 4.90 Å². The molecule has 1 aliphatic heterocycles. The minimum Gasteiger partial charge on any atom is -0.299 e. The zero-order valence-electron chi connectivity index (χ0n) is 7.89. The molecule has 1 aromatic rings. The summed E-state index contributed by atoms with van der Waals surface area (Å²) in [5.41, 5.74) is 2.76. The summed E-state index contributed by atoms with van der Waals surface area (Å²) in [6, 6.07) is 6.63. The van der Waals surface area contributed by atoms with Crippen LogP contribution < -0.4 is 0 Å². The SMILES string of the molecule is Cc1cc(Br)cc(CN2CCC2)c1. The lowest BCUT2D eigenvalue weighted by atomic mass is 10.1. The number of aryl methyl sites for hydroxylation is 1. The van der Waals surface area contributed by atoms with Gasteiger partial charge in [0.15, 0.2) is 0 Å². The maximum Gasteiger partial charge on any atom is 0.0234 e. The Hall–Kier alpha value is -0.340. The molecule has 1 saturated heterocycles. The Labute approximate surface area is 87.9 Å². The summed E-state index contributed by atoms with van der Waals surface area (Å²) < 4.78 is 1.20. The van der Waals surface area contributed by atoms with Crippen LogP contribution in [0, 0.1) is 6.92 Å². The number of rotatable bonds is 2. The van der Waals surface area contributed by atoms with Crippen LogP contribution in [0.3, 0.4) is 0 Å². The van der Waals surface area contributed by atoms with Gasteiger partial charge in [0.1, 0.15) is 0 Å². The van der Waals surface area contributed by atoms with Crippen LogP contribution in [0.15, 0.2) is 22.7 Å². The van der Waals surface area contributed by atoms with Gasteiger partial charge in [0.05, 0.1) is 0 Å². The minimum absolute atomic E-state index is 1.11. The molecule has 0 spiro atoms. The summed E-state index contributed by atoms with van der Waals surface area (Å²) >= 11 is 3.52. The highest BCUT2D eigenvalue weighted by molar-refractivity contribution is 9.10. The van der Waals surface area contributed by atoms with Crippen molar-refractivity contribution in [2.24, 2.45) is 0 Å². The Kier molecular flexibility index (Phi) is 2.70. The van der Waals surface area contributed by atoms with E-state index in [1.165, 1.54) is 35.1 Å². The van der Waals surface area contributed by atoms with Gasteiger partial charge in [-0.1, -0.05) is 22.0 Å². The summed E-state index contributed by atoms with van der Waals surface area (Å²) in [6.07, 6.45) is 1.37. The Morgan fingerprint density at radius 1 is 1.31 bits per heavy atom. The fourth-order valence-electron chi connectivity index (χ4n) is 1.70. The fourth-order valence-corrected chi connectivity index (χ4v) is 2.36. The smallest absolute Gasteiger partial charge is 0.0234 e. The maximum absolute atomic E-state index is 3.52. The van der Waals surface area contributed by atoms with Crippen molar-refractivity contribution in [2.45, 2.75) is 19.9 Å². The van der Waals surface area contributed by atoms with Crippen LogP contribution in [0.5, 0.6) is 0 Å². The van der Waals surface area contributed by atoms with Gasteiger partial charge in [-0.2, -0.15) is 0 Å². The van der Waals surface area contributed by atoms with Gasteiger partial charge in [0.25, 0.3) is 0 Å². The molecule has 0 unspecified atom stereocenters. The fraction of sp³-hybridized carbons (Fsp3) is 0.455. The molecule has 0 atom stereocenters. The van der Waals surface area contributed by atoms with Crippen molar-refractivity contribution < 1.29 is 0 Å². The van der Waals surface area contributed by atoms with Gasteiger partial charge < -0.3 is 0 Å². The second-order valence-electron chi connectivity index (χ2n) is 3.77. The maximum atomic E-state index is 3.52. The van der Waals surface area contributed by atoms with E-state index in [0.717, 1.165) is 6.54 Å². The van der Waals surface area contributed by atoms with Crippen molar-refractivity contribution in [3.63, 3.8) is 0 Å². The second-order valence-corrected chi connectivity index (χ2v) is 4.68. The van der Waals surface area contributed by atoms with E-state index >= 15 is 0 Å². The number of nitrogens with zero attached hydrogens (tertiary/aromatic N) is 1. The van der Waals surface area contributed by atoms with Crippen molar-refractivity contribution >= 4 is 15.9 Å². The van der Waals surface area contributed by atoms with E-state index in [9.17, 15) is 0 Å². The van der Waals surface area contributed by atoms with E-state index in [2.05, 4.69) is 46.0 Å². The van der Waals surface area contributed by atoms with E-state index in [4.69, 9.17) is 0 Å². The van der Waals surface area contributed by atoms with Crippen molar-refractivity contribution in [1.29, 1.82) is 0 Å². The standard InChI is InChI=1S/C11H14BrN/c1-9-5-10(7-11(12)6-9)8-13-3-2-4-13/h5-7H,2-4,8H2,1H3. The number of likely N-dealkylation sites (tertiary alicyclic amines) is 1. The van der Waals surface area contributed by atoms with Crippen LogP contribution in [0.4, 0.5) is 0 Å². The first-order valence-corrected chi connectivity index (χ1v) is 5.52. The molecular weight excluding hydrogens is 226 g/mol. The van der Waals surface area contributed by atoms with Crippen molar-refractivity contribution in [3.05, 3.63) is 33.8 Å². The van der Waals surface area contributed by atoms with E-state index in [1.807, 2.05) is 0 Å². The molecule has 0 aliphatic carbocycles. The molecule has 0 saturated carbocycles. The van der Waals surface area contributed by atoms with E-state index in [-0.39, 0.29) is 0 Å². The molecule has 0 radical (unpaired) electrons. The lowest BCUT2D eigenvalue weighted by molar-refractivity contribution is 0.172. The largest absolute Gasteiger partial charge is 0.299 e. The van der Waals surface area contributed by atoms with Gasteiger partial charge in [-0.15, -0.1) is 0 Å². The lowest BCUT2D eigenvalue weighted by Crippen LogP contribution is -2.36. The summed E-state index contributed by atoms with van der Waals surface area (Å²) in [5.74, 6) is 0. The molecule has 13 heavy (non-hydrogen) atoms. The van der Waals surface area contributed by atoms with Crippen LogP contribution in [-0.2, 0) is 6.54 Å². The highest BCUT2D eigenvalue weighted by Gasteiger charge is 2.13. The van der Waals surface area contributed by atoms with Gasteiger partial charge in [0.2, 0.25) is 0 Å². The molecule has 1 fully saturated rings. The lowest BCUT2D eigenvalue weighted by Gasteiger charge is -2.30. The molecule has 1 aliphatic rings. The molecule has 2 rings (SSSR count). The zero-order valence-corrected chi connectivity index (χ0v) is 9.47. The van der Waals surface area contributed by atoms with Crippen LogP contribution in [0.25, 0.3) is 0 Å². The highest BCUT2D eigenvalue weighted by atomic mass is 79.9. The number of halogens is 1. The highest BCUT2D eigenvalue weighted by Crippen LogP contribution is 2.18. The molecule has 0 N–H and O–H groups in total. The summed E-state index contributed by atoms with van der Waals surface area (Å²) in [7, 11) is 0. The average Bonchev–Trinajstić information content (AvgIpc) is 1.95. The normalized spacial score (nSPS) is 17.1. The number of hydrogen-bond donors (Lipinski definition) is 0. The molecule has 0 bridgehead atoms. The van der Waals surface area contributed by atoms with Crippen LogP contribution >= 0.6 is 15.9 Å². The second kappa shape index (κ2) is 3.81. The molecule has 0 amide bonds. The predicted molar refractivity (Wildman–Crippen MR) is 58.8 cm³/mol. The molecule has 70 valence electrons. The van der Waals surface area contributed by atoms with E-state index in [1.54, 1.807) is 0 Å². The monoisotopic (exact) mass is 239 g/mol. The Bertz CT molecular complexity index is 285. The third-order valence-corrected chi connectivity index (χ3v) is 2.91. The Balaban J connectivity index is 2.10.